The van der Waals surface area contributed by atoms with E-state index in [2.05, 4.69) is 42.6 Å². The number of nitrogens with one attached hydrogen (secondary N) is 1. The molecule has 0 fully saturated rings. The van der Waals surface area contributed by atoms with Gasteiger partial charge in [-0.15, -0.1) is 0 Å². The lowest BCUT2D eigenvalue weighted by Crippen LogP contribution is -2.01. The third kappa shape index (κ3) is 3.47. The van der Waals surface area contributed by atoms with E-state index in [-0.39, 0.29) is 0 Å². The molecular weight excluding hydrogens is 318 g/mol. The summed E-state index contributed by atoms with van der Waals surface area (Å²) in [7, 11) is 0. The predicted octanol–water partition coefficient (Wildman–Crippen LogP) is 5.86. The average molecular weight is 337 g/mol. The van der Waals surface area contributed by atoms with Crippen LogP contribution < -0.4 is 5.32 Å². The molecule has 0 amide bonds. The molecule has 0 unspecified atom stereocenters. The molecule has 4 aromatic rings. The van der Waals surface area contributed by atoms with E-state index in [0.717, 1.165) is 33.8 Å². The second-order valence-electron chi connectivity index (χ2n) is 6.13. The zero-order chi connectivity index (χ0) is 17.8. The number of aromatic nitrogens is 2. The summed E-state index contributed by atoms with van der Waals surface area (Å²) in [5.74, 6) is 0.597. The van der Waals surface area contributed by atoms with Gasteiger partial charge in [-0.25, -0.2) is 9.97 Å². The van der Waals surface area contributed by atoms with Gasteiger partial charge in [-0.3, -0.25) is 0 Å². The predicted molar refractivity (Wildman–Crippen MR) is 107 cm³/mol. The molecule has 0 spiro atoms. The van der Waals surface area contributed by atoms with Crippen LogP contribution in [0.3, 0.4) is 0 Å². The maximum atomic E-state index is 4.74. The Morgan fingerprint density at radius 2 is 1.12 bits per heavy atom. The molecule has 126 valence electrons. The standard InChI is InChI=1S/C23H19N3/c1-17-10-8-9-15-20(17)24-23-25-21(18-11-4-2-5-12-18)16-22(26-23)19-13-6-3-7-14-19/h2-16H,1H3,(H,24,25,26). The van der Waals surface area contributed by atoms with Crippen molar-refractivity contribution in [1.29, 1.82) is 0 Å². The van der Waals surface area contributed by atoms with Gasteiger partial charge in [0.05, 0.1) is 11.4 Å². The Labute approximate surface area is 153 Å². The van der Waals surface area contributed by atoms with Crippen LogP contribution in [0, 0.1) is 6.92 Å². The Morgan fingerprint density at radius 3 is 1.65 bits per heavy atom. The molecule has 1 heterocycles. The van der Waals surface area contributed by atoms with E-state index in [4.69, 9.17) is 9.97 Å². The fourth-order valence-electron chi connectivity index (χ4n) is 2.85. The van der Waals surface area contributed by atoms with Crippen molar-refractivity contribution in [3.05, 3.63) is 96.6 Å². The van der Waals surface area contributed by atoms with Gasteiger partial charge in [-0.1, -0.05) is 78.9 Å². The van der Waals surface area contributed by atoms with E-state index >= 15 is 0 Å². The van der Waals surface area contributed by atoms with Crippen LogP contribution in [0.1, 0.15) is 5.56 Å². The second kappa shape index (κ2) is 7.19. The van der Waals surface area contributed by atoms with Gasteiger partial charge in [0.1, 0.15) is 0 Å². The SMILES string of the molecule is Cc1ccccc1Nc1nc(-c2ccccc2)cc(-c2ccccc2)n1. The molecule has 26 heavy (non-hydrogen) atoms. The molecule has 3 heteroatoms. The minimum absolute atomic E-state index is 0.597. The number of aryl methyl sites for hydroxylation is 1. The third-order valence-electron chi connectivity index (χ3n) is 4.26. The summed E-state index contributed by atoms with van der Waals surface area (Å²) < 4.78 is 0. The summed E-state index contributed by atoms with van der Waals surface area (Å²) in [5, 5.41) is 3.37. The first-order valence-corrected chi connectivity index (χ1v) is 8.62. The van der Waals surface area contributed by atoms with Crippen LogP contribution >= 0.6 is 0 Å². The molecule has 0 aliphatic rings. The monoisotopic (exact) mass is 337 g/mol. The van der Waals surface area contributed by atoms with Gasteiger partial charge in [0.15, 0.2) is 0 Å². The number of anilines is 2. The van der Waals surface area contributed by atoms with Crippen LogP contribution in [0.15, 0.2) is 91.0 Å². The lowest BCUT2D eigenvalue weighted by Gasteiger charge is -2.12. The maximum absolute atomic E-state index is 4.74. The summed E-state index contributed by atoms with van der Waals surface area (Å²) in [6, 6.07) is 30.5. The highest BCUT2D eigenvalue weighted by Crippen LogP contribution is 2.26. The zero-order valence-electron chi connectivity index (χ0n) is 14.6. The largest absolute Gasteiger partial charge is 0.324 e. The molecule has 0 atom stereocenters. The van der Waals surface area contributed by atoms with Gasteiger partial charge < -0.3 is 5.32 Å². The molecule has 0 saturated carbocycles. The Bertz CT molecular complexity index is 954. The van der Waals surface area contributed by atoms with Crippen molar-refractivity contribution < 1.29 is 0 Å². The van der Waals surface area contributed by atoms with Crippen LogP contribution in [0.2, 0.25) is 0 Å². The highest BCUT2D eigenvalue weighted by Gasteiger charge is 2.09. The number of para-hydroxylation sites is 1. The van der Waals surface area contributed by atoms with Crippen LogP contribution in [-0.2, 0) is 0 Å². The first-order chi connectivity index (χ1) is 12.8. The summed E-state index contributed by atoms with van der Waals surface area (Å²) >= 11 is 0. The summed E-state index contributed by atoms with van der Waals surface area (Å²) in [6.45, 7) is 2.07. The van der Waals surface area contributed by atoms with Gasteiger partial charge in [0, 0.05) is 16.8 Å². The van der Waals surface area contributed by atoms with E-state index in [9.17, 15) is 0 Å². The second-order valence-corrected chi connectivity index (χ2v) is 6.13. The normalized spacial score (nSPS) is 10.5. The minimum Gasteiger partial charge on any atom is -0.324 e. The van der Waals surface area contributed by atoms with Gasteiger partial charge in [-0.05, 0) is 24.6 Å². The molecule has 1 N–H and O–H groups in total. The topological polar surface area (TPSA) is 37.8 Å². The fraction of sp³-hybridized carbons (Fsp3) is 0.0435. The van der Waals surface area contributed by atoms with Crippen molar-refractivity contribution in [2.24, 2.45) is 0 Å². The van der Waals surface area contributed by atoms with Crippen molar-refractivity contribution in [2.75, 3.05) is 5.32 Å². The molecule has 4 rings (SSSR count). The quantitative estimate of drug-likeness (QED) is 0.506. The Balaban J connectivity index is 1.82. The molecule has 3 nitrogen and oxygen atoms in total. The van der Waals surface area contributed by atoms with Gasteiger partial charge in [0.25, 0.3) is 0 Å². The minimum atomic E-state index is 0.597. The van der Waals surface area contributed by atoms with E-state index in [1.807, 2.05) is 60.7 Å². The van der Waals surface area contributed by atoms with Crippen molar-refractivity contribution in [1.82, 2.24) is 9.97 Å². The number of rotatable bonds is 4. The molecule has 0 aliphatic carbocycles. The average Bonchev–Trinajstić information content (AvgIpc) is 2.71. The number of nitrogens with zero attached hydrogens (tertiary/aromatic N) is 2. The van der Waals surface area contributed by atoms with Gasteiger partial charge >= 0.3 is 0 Å². The molecule has 0 saturated heterocycles. The molecular formula is C23H19N3. The summed E-state index contributed by atoms with van der Waals surface area (Å²) in [4.78, 5) is 9.49. The van der Waals surface area contributed by atoms with E-state index < -0.39 is 0 Å². The molecule has 3 aromatic carbocycles. The van der Waals surface area contributed by atoms with Crippen LogP contribution in [-0.4, -0.2) is 9.97 Å². The van der Waals surface area contributed by atoms with E-state index in [1.54, 1.807) is 0 Å². The number of hydrogen-bond donors (Lipinski definition) is 1. The molecule has 0 aliphatic heterocycles. The third-order valence-corrected chi connectivity index (χ3v) is 4.26. The van der Waals surface area contributed by atoms with Crippen LogP contribution in [0.25, 0.3) is 22.5 Å². The number of hydrogen-bond acceptors (Lipinski definition) is 3. The summed E-state index contributed by atoms with van der Waals surface area (Å²) in [6.07, 6.45) is 0. The lowest BCUT2D eigenvalue weighted by atomic mass is 10.1. The van der Waals surface area contributed by atoms with Gasteiger partial charge in [0.2, 0.25) is 5.95 Å². The van der Waals surface area contributed by atoms with Crippen LogP contribution in [0.4, 0.5) is 11.6 Å². The van der Waals surface area contributed by atoms with Crippen molar-refractivity contribution in [2.45, 2.75) is 6.92 Å². The Kier molecular flexibility index (Phi) is 4.44. The van der Waals surface area contributed by atoms with Crippen LogP contribution in [0.5, 0.6) is 0 Å². The first kappa shape index (κ1) is 16.0. The number of benzene rings is 3. The highest BCUT2D eigenvalue weighted by molar-refractivity contribution is 5.71. The smallest absolute Gasteiger partial charge is 0.228 e. The maximum Gasteiger partial charge on any atom is 0.228 e. The Morgan fingerprint density at radius 1 is 0.615 bits per heavy atom. The molecule has 1 aromatic heterocycles. The fourth-order valence-corrected chi connectivity index (χ4v) is 2.85. The molecule has 0 radical (unpaired) electrons. The van der Waals surface area contributed by atoms with E-state index in [0.29, 0.717) is 5.95 Å². The zero-order valence-corrected chi connectivity index (χ0v) is 14.6. The Hall–Kier alpha value is -3.46. The van der Waals surface area contributed by atoms with Crippen molar-refractivity contribution in [3.63, 3.8) is 0 Å². The van der Waals surface area contributed by atoms with Gasteiger partial charge in [-0.2, -0.15) is 0 Å². The van der Waals surface area contributed by atoms with E-state index in [1.165, 1.54) is 0 Å². The lowest BCUT2D eigenvalue weighted by molar-refractivity contribution is 1.17. The molecule has 0 bridgehead atoms. The van der Waals surface area contributed by atoms with Crippen molar-refractivity contribution in [3.8, 4) is 22.5 Å². The highest BCUT2D eigenvalue weighted by atomic mass is 15.1. The van der Waals surface area contributed by atoms with Crippen molar-refractivity contribution >= 4 is 11.6 Å². The first-order valence-electron chi connectivity index (χ1n) is 8.62. The summed E-state index contributed by atoms with van der Waals surface area (Å²) in [5.41, 5.74) is 6.10.